The van der Waals surface area contributed by atoms with Gasteiger partial charge in [-0.3, -0.25) is 4.79 Å². The summed E-state index contributed by atoms with van der Waals surface area (Å²) < 4.78 is 29.1. The van der Waals surface area contributed by atoms with Gasteiger partial charge in [-0.2, -0.15) is 0 Å². The molecule has 0 saturated carbocycles. The highest BCUT2D eigenvalue weighted by atomic mass is 35.5. The molecule has 1 amide bonds. The average Bonchev–Trinajstić information content (AvgIpc) is 2.33. The number of carbonyl (C=O) groups excluding carboxylic acids is 1. The number of rotatable bonds is 7. The summed E-state index contributed by atoms with van der Waals surface area (Å²) >= 11 is 5.84. The van der Waals surface area contributed by atoms with Gasteiger partial charge in [-0.1, -0.05) is 17.7 Å². The lowest BCUT2D eigenvalue weighted by Crippen LogP contribution is -2.31. The van der Waals surface area contributed by atoms with Crippen molar-refractivity contribution in [3.05, 3.63) is 23.2 Å². The van der Waals surface area contributed by atoms with Crippen LogP contribution >= 0.6 is 11.6 Å². The van der Waals surface area contributed by atoms with E-state index in [0.29, 0.717) is 19.6 Å². The second kappa shape index (κ2) is 7.47. The van der Waals surface area contributed by atoms with Crippen LogP contribution in [0.1, 0.15) is 6.42 Å². The van der Waals surface area contributed by atoms with Crippen LogP contribution in [0.5, 0.6) is 0 Å². The third-order valence-corrected chi connectivity index (χ3v) is 4.62. The van der Waals surface area contributed by atoms with Crippen LogP contribution in [-0.2, 0) is 19.4 Å². The molecule has 1 rings (SSSR count). The monoisotopic (exact) mass is 320 g/mol. The van der Waals surface area contributed by atoms with Crippen molar-refractivity contribution < 1.29 is 17.9 Å². The third-order valence-electron chi connectivity index (χ3n) is 2.48. The lowest BCUT2D eigenvalue weighted by Gasteiger charge is -2.09. The molecule has 0 spiro atoms. The molecule has 8 heteroatoms. The van der Waals surface area contributed by atoms with Crippen molar-refractivity contribution in [2.45, 2.75) is 11.3 Å². The maximum atomic E-state index is 12.1. The molecular weight excluding hydrogens is 304 g/mol. The Hall–Kier alpha value is -1.31. The smallest absolute Gasteiger partial charge is 0.235 e. The van der Waals surface area contributed by atoms with Gasteiger partial charge in [-0.25, -0.2) is 8.42 Å². The first-order valence-electron chi connectivity index (χ1n) is 5.91. The number of carbonyl (C=O) groups is 1. The van der Waals surface area contributed by atoms with E-state index in [4.69, 9.17) is 22.1 Å². The number of amides is 1. The van der Waals surface area contributed by atoms with E-state index in [2.05, 4.69) is 5.32 Å². The number of benzene rings is 1. The van der Waals surface area contributed by atoms with Crippen molar-refractivity contribution in [3.63, 3.8) is 0 Å². The predicted octanol–water partition coefficient (Wildman–Crippen LogP) is 0.849. The van der Waals surface area contributed by atoms with Gasteiger partial charge in [0.15, 0.2) is 9.84 Å². The highest BCUT2D eigenvalue weighted by Gasteiger charge is 2.24. The number of hydrogen-bond acceptors (Lipinski definition) is 5. The number of hydrogen-bond donors (Lipinski definition) is 2. The van der Waals surface area contributed by atoms with Gasteiger partial charge in [0, 0.05) is 20.3 Å². The molecule has 0 aliphatic carbocycles. The average molecular weight is 321 g/mol. The molecule has 20 heavy (non-hydrogen) atoms. The Morgan fingerprint density at radius 2 is 2.15 bits per heavy atom. The molecule has 3 N–H and O–H groups in total. The Kier molecular flexibility index (Phi) is 6.25. The second-order valence-electron chi connectivity index (χ2n) is 4.11. The van der Waals surface area contributed by atoms with Crippen molar-refractivity contribution in [1.82, 2.24) is 5.32 Å². The summed E-state index contributed by atoms with van der Waals surface area (Å²) in [5.41, 5.74) is 5.64. The van der Waals surface area contributed by atoms with Gasteiger partial charge in [-0.05, 0) is 18.6 Å². The van der Waals surface area contributed by atoms with Gasteiger partial charge >= 0.3 is 0 Å². The summed E-state index contributed by atoms with van der Waals surface area (Å²) in [5.74, 6) is -1.28. The molecule has 0 heterocycles. The van der Waals surface area contributed by atoms with E-state index in [-0.39, 0.29) is 15.6 Å². The Labute approximate surface area is 123 Å². The van der Waals surface area contributed by atoms with Crippen LogP contribution in [0.2, 0.25) is 5.02 Å². The Bertz CT molecular complexity index is 555. The Balaban J connectivity index is 2.73. The first-order chi connectivity index (χ1) is 9.38. The SMILES string of the molecule is COCCCNC(=O)CS(=O)(=O)c1c(N)cccc1Cl. The molecule has 112 valence electrons. The first-order valence-corrected chi connectivity index (χ1v) is 7.94. The van der Waals surface area contributed by atoms with E-state index in [1.165, 1.54) is 12.1 Å². The van der Waals surface area contributed by atoms with Gasteiger partial charge in [-0.15, -0.1) is 0 Å². The van der Waals surface area contributed by atoms with Crippen LogP contribution in [0.15, 0.2) is 23.1 Å². The molecule has 0 aliphatic rings. The fourth-order valence-electron chi connectivity index (χ4n) is 1.59. The predicted molar refractivity (Wildman–Crippen MR) is 77.4 cm³/mol. The molecule has 0 saturated heterocycles. The van der Waals surface area contributed by atoms with E-state index in [0.717, 1.165) is 0 Å². The Morgan fingerprint density at radius 1 is 1.45 bits per heavy atom. The van der Waals surface area contributed by atoms with Crippen LogP contribution in [0.25, 0.3) is 0 Å². The van der Waals surface area contributed by atoms with Crippen LogP contribution < -0.4 is 11.1 Å². The van der Waals surface area contributed by atoms with E-state index in [1.807, 2.05) is 0 Å². The first kappa shape index (κ1) is 16.7. The number of methoxy groups -OCH3 is 1. The van der Waals surface area contributed by atoms with Crippen LogP contribution in [0.4, 0.5) is 5.69 Å². The zero-order chi connectivity index (χ0) is 15.2. The normalized spacial score (nSPS) is 11.3. The van der Waals surface area contributed by atoms with Gasteiger partial charge in [0.1, 0.15) is 10.6 Å². The van der Waals surface area contributed by atoms with Crippen molar-refractivity contribution in [2.24, 2.45) is 0 Å². The van der Waals surface area contributed by atoms with E-state index < -0.39 is 21.5 Å². The minimum absolute atomic E-state index is 0.0113. The summed E-state index contributed by atoms with van der Waals surface area (Å²) in [7, 11) is -2.32. The molecule has 0 atom stereocenters. The summed E-state index contributed by atoms with van der Waals surface area (Å²) in [4.78, 5) is 11.4. The number of anilines is 1. The molecule has 6 nitrogen and oxygen atoms in total. The zero-order valence-corrected chi connectivity index (χ0v) is 12.6. The van der Waals surface area contributed by atoms with E-state index in [1.54, 1.807) is 13.2 Å². The van der Waals surface area contributed by atoms with Crippen LogP contribution in [0.3, 0.4) is 0 Å². The van der Waals surface area contributed by atoms with Gasteiger partial charge in [0.25, 0.3) is 0 Å². The molecule has 1 aromatic rings. The number of halogens is 1. The lowest BCUT2D eigenvalue weighted by molar-refractivity contribution is -0.118. The van der Waals surface area contributed by atoms with Crippen LogP contribution in [-0.4, -0.2) is 40.3 Å². The largest absolute Gasteiger partial charge is 0.398 e. The van der Waals surface area contributed by atoms with E-state index in [9.17, 15) is 13.2 Å². The molecule has 0 aromatic heterocycles. The summed E-state index contributed by atoms with van der Waals surface area (Å²) in [6, 6.07) is 4.39. The standard InChI is InChI=1S/C12H17ClN2O4S/c1-19-7-3-6-15-11(16)8-20(17,18)12-9(13)4-2-5-10(12)14/h2,4-5H,3,6-8,14H2,1H3,(H,15,16). The molecule has 0 fully saturated rings. The molecular formula is C12H17ClN2O4S. The molecule has 1 aromatic carbocycles. The second-order valence-corrected chi connectivity index (χ2v) is 6.45. The van der Waals surface area contributed by atoms with Crippen molar-refractivity contribution in [2.75, 3.05) is 31.7 Å². The number of nitrogens with two attached hydrogens (primary N) is 1. The van der Waals surface area contributed by atoms with Gasteiger partial charge in [0.2, 0.25) is 5.91 Å². The summed E-state index contributed by atoms with van der Waals surface area (Å²) in [6.45, 7) is 0.838. The maximum Gasteiger partial charge on any atom is 0.235 e. The molecule has 0 radical (unpaired) electrons. The Morgan fingerprint density at radius 3 is 2.75 bits per heavy atom. The molecule has 0 aliphatic heterocycles. The molecule has 0 unspecified atom stereocenters. The minimum atomic E-state index is -3.86. The summed E-state index contributed by atoms with van der Waals surface area (Å²) in [6.07, 6.45) is 0.608. The summed E-state index contributed by atoms with van der Waals surface area (Å²) in [5, 5.41) is 2.51. The van der Waals surface area contributed by atoms with Crippen molar-refractivity contribution in [3.8, 4) is 0 Å². The number of nitrogens with one attached hydrogen (secondary N) is 1. The topological polar surface area (TPSA) is 98.5 Å². The number of sulfone groups is 1. The lowest BCUT2D eigenvalue weighted by atomic mass is 10.3. The van der Waals surface area contributed by atoms with E-state index >= 15 is 0 Å². The maximum absolute atomic E-state index is 12.1. The van der Waals surface area contributed by atoms with Crippen LogP contribution in [0, 0.1) is 0 Å². The van der Waals surface area contributed by atoms with Crippen molar-refractivity contribution in [1.29, 1.82) is 0 Å². The third kappa shape index (κ3) is 4.66. The number of nitrogen functional groups attached to an aromatic ring is 1. The quantitative estimate of drug-likeness (QED) is 0.573. The van der Waals surface area contributed by atoms with Gasteiger partial charge in [0.05, 0.1) is 10.7 Å². The van der Waals surface area contributed by atoms with Crippen molar-refractivity contribution >= 4 is 33.0 Å². The molecule has 0 bridgehead atoms. The fourth-order valence-corrected chi connectivity index (χ4v) is 3.51. The minimum Gasteiger partial charge on any atom is -0.398 e. The van der Waals surface area contributed by atoms with Gasteiger partial charge < -0.3 is 15.8 Å². The highest BCUT2D eigenvalue weighted by molar-refractivity contribution is 7.92. The fraction of sp³-hybridized carbons (Fsp3) is 0.417. The highest BCUT2D eigenvalue weighted by Crippen LogP contribution is 2.27. The zero-order valence-electron chi connectivity index (χ0n) is 11.1. The number of ether oxygens (including phenoxy) is 1.